The molecule has 2 rings (SSSR count). The van der Waals surface area contributed by atoms with Gasteiger partial charge in [0.05, 0.1) is 0 Å². The van der Waals surface area contributed by atoms with Gasteiger partial charge in [0.1, 0.15) is 17.7 Å². The summed E-state index contributed by atoms with van der Waals surface area (Å²) in [5, 5.41) is 9.08. The predicted molar refractivity (Wildman–Crippen MR) is 81.7 cm³/mol. The molecule has 0 bridgehead atoms. The third kappa shape index (κ3) is 3.69. The topological polar surface area (TPSA) is 69.6 Å². The van der Waals surface area contributed by atoms with Crippen molar-refractivity contribution in [3.05, 3.63) is 17.6 Å². The fourth-order valence-corrected chi connectivity index (χ4v) is 2.49. The van der Waals surface area contributed by atoms with E-state index in [2.05, 4.69) is 28.7 Å². The van der Waals surface area contributed by atoms with Crippen molar-refractivity contribution in [3.63, 3.8) is 0 Å². The zero-order valence-corrected chi connectivity index (χ0v) is 13.2. The number of carboxylic acids is 1. The Morgan fingerprint density at radius 2 is 1.81 bits per heavy atom. The van der Waals surface area contributed by atoms with Crippen LogP contribution in [0.25, 0.3) is 0 Å². The average molecular weight is 292 g/mol. The van der Waals surface area contributed by atoms with Crippen LogP contribution in [0.15, 0.2) is 6.07 Å². The highest BCUT2D eigenvalue weighted by atomic mass is 16.4. The van der Waals surface area contributed by atoms with E-state index in [1.807, 2.05) is 17.9 Å². The minimum absolute atomic E-state index is 0.303. The molecule has 1 aliphatic rings. The van der Waals surface area contributed by atoms with Gasteiger partial charge in [0, 0.05) is 43.9 Å². The van der Waals surface area contributed by atoms with Gasteiger partial charge in [0.15, 0.2) is 0 Å². The molecule has 0 aliphatic carbocycles. The van der Waals surface area contributed by atoms with Gasteiger partial charge in [-0.2, -0.15) is 0 Å². The van der Waals surface area contributed by atoms with E-state index in [1.54, 1.807) is 6.92 Å². The molecule has 1 fully saturated rings. The molecule has 1 saturated heterocycles. The molecule has 1 aromatic heterocycles. The normalized spacial score (nSPS) is 18.0. The van der Waals surface area contributed by atoms with Crippen LogP contribution in [-0.2, 0) is 4.79 Å². The number of hydrogen-bond acceptors (Lipinski definition) is 5. The van der Waals surface area contributed by atoms with E-state index in [1.165, 1.54) is 0 Å². The fourth-order valence-electron chi connectivity index (χ4n) is 2.49. The third-order valence-electron chi connectivity index (χ3n) is 3.92. The van der Waals surface area contributed by atoms with Crippen molar-refractivity contribution in [1.82, 2.24) is 14.9 Å². The van der Waals surface area contributed by atoms with Crippen molar-refractivity contribution in [2.45, 2.75) is 39.7 Å². The third-order valence-corrected chi connectivity index (χ3v) is 3.92. The van der Waals surface area contributed by atoms with Gasteiger partial charge < -0.3 is 10.0 Å². The van der Waals surface area contributed by atoms with Crippen molar-refractivity contribution < 1.29 is 9.90 Å². The summed E-state index contributed by atoms with van der Waals surface area (Å²) < 4.78 is 0. The number of aryl methyl sites for hydroxylation is 1. The molecule has 1 atom stereocenters. The standard InChI is InChI=1S/C15H24N4O2/c1-10(2)14-16-11(3)9-13(17-14)19-7-5-18(6-8-19)12(4)15(20)21/h9-10,12H,5-8H2,1-4H3,(H,20,21). The molecule has 0 spiro atoms. The molecule has 1 aliphatic heterocycles. The number of piperazine rings is 1. The quantitative estimate of drug-likeness (QED) is 0.907. The Morgan fingerprint density at radius 1 is 1.19 bits per heavy atom. The van der Waals surface area contributed by atoms with Crippen LogP contribution in [0, 0.1) is 6.92 Å². The summed E-state index contributed by atoms with van der Waals surface area (Å²) in [5.41, 5.74) is 0.977. The number of carbonyl (C=O) groups is 1. The predicted octanol–water partition coefficient (Wildman–Crippen LogP) is 1.50. The molecule has 0 saturated carbocycles. The number of aliphatic carboxylic acids is 1. The summed E-state index contributed by atoms with van der Waals surface area (Å²) >= 11 is 0. The molecule has 6 nitrogen and oxygen atoms in total. The van der Waals surface area contributed by atoms with E-state index in [4.69, 9.17) is 5.11 Å². The first-order chi connectivity index (χ1) is 9.88. The maximum Gasteiger partial charge on any atom is 0.320 e. The Kier molecular flexibility index (Phi) is 4.77. The van der Waals surface area contributed by atoms with Crippen LogP contribution in [0.4, 0.5) is 5.82 Å². The fraction of sp³-hybridized carbons (Fsp3) is 0.667. The lowest BCUT2D eigenvalue weighted by Gasteiger charge is -2.37. The maximum absolute atomic E-state index is 11.0. The average Bonchev–Trinajstić information content (AvgIpc) is 2.45. The zero-order valence-electron chi connectivity index (χ0n) is 13.2. The summed E-state index contributed by atoms with van der Waals surface area (Å²) in [5.74, 6) is 1.36. The Hall–Kier alpha value is -1.69. The maximum atomic E-state index is 11.0. The number of anilines is 1. The van der Waals surface area contributed by atoms with Crippen molar-refractivity contribution in [3.8, 4) is 0 Å². The number of aromatic nitrogens is 2. The SMILES string of the molecule is Cc1cc(N2CCN(C(C)C(=O)O)CC2)nc(C(C)C)n1. The molecule has 1 aromatic rings. The minimum atomic E-state index is -0.761. The van der Waals surface area contributed by atoms with Crippen molar-refractivity contribution in [1.29, 1.82) is 0 Å². The van der Waals surface area contributed by atoms with E-state index in [9.17, 15) is 4.79 Å². The Balaban J connectivity index is 2.07. The van der Waals surface area contributed by atoms with Gasteiger partial charge in [-0.1, -0.05) is 13.8 Å². The van der Waals surface area contributed by atoms with Crippen LogP contribution in [0.5, 0.6) is 0 Å². The Morgan fingerprint density at radius 3 is 2.33 bits per heavy atom. The molecule has 116 valence electrons. The summed E-state index contributed by atoms with van der Waals surface area (Å²) in [6.45, 7) is 11.0. The smallest absolute Gasteiger partial charge is 0.320 e. The van der Waals surface area contributed by atoms with E-state index in [-0.39, 0.29) is 0 Å². The molecule has 0 amide bonds. The molecule has 1 N–H and O–H groups in total. The number of nitrogens with zero attached hydrogens (tertiary/aromatic N) is 4. The van der Waals surface area contributed by atoms with Crippen LogP contribution in [0.1, 0.15) is 38.2 Å². The Labute approximate surface area is 125 Å². The molecular weight excluding hydrogens is 268 g/mol. The van der Waals surface area contributed by atoms with Gasteiger partial charge >= 0.3 is 5.97 Å². The summed E-state index contributed by atoms with van der Waals surface area (Å²) in [6.07, 6.45) is 0. The van der Waals surface area contributed by atoms with Gasteiger partial charge in [-0.3, -0.25) is 9.69 Å². The molecule has 21 heavy (non-hydrogen) atoms. The highest BCUT2D eigenvalue weighted by Crippen LogP contribution is 2.19. The first-order valence-corrected chi connectivity index (χ1v) is 7.46. The number of hydrogen-bond donors (Lipinski definition) is 1. The molecule has 0 radical (unpaired) electrons. The van der Waals surface area contributed by atoms with Gasteiger partial charge in [-0.05, 0) is 13.8 Å². The van der Waals surface area contributed by atoms with Gasteiger partial charge in [-0.25, -0.2) is 9.97 Å². The number of carboxylic acid groups (broad SMARTS) is 1. The van der Waals surface area contributed by atoms with Crippen LogP contribution >= 0.6 is 0 Å². The van der Waals surface area contributed by atoms with E-state index in [0.29, 0.717) is 5.92 Å². The lowest BCUT2D eigenvalue weighted by molar-refractivity contribution is -0.142. The second-order valence-corrected chi connectivity index (χ2v) is 5.92. The van der Waals surface area contributed by atoms with E-state index in [0.717, 1.165) is 43.5 Å². The summed E-state index contributed by atoms with van der Waals surface area (Å²) in [7, 11) is 0. The highest BCUT2D eigenvalue weighted by molar-refractivity contribution is 5.72. The van der Waals surface area contributed by atoms with Crippen LogP contribution < -0.4 is 4.90 Å². The second kappa shape index (κ2) is 6.39. The van der Waals surface area contributed by atoms with Crippen LogP contribution in [0.2, 0.25) is 0 Å². The Bertz CT molecular complexity index is 510. The first-order valence-electron chi connectivity index (χ1n) is 7.46. The summed E-state index contributed by atoms with van der Waals surface area (Å²) in [6, 6.07) is 1.58. The number of rotatable bonds is 4. The summed E-state index contributed by atoms with van der Waals surface area (Å²) in [4.78, 5) is 24.4. The monoisotopic (exact) mass is 292 g/mol. The van der Waals surface area contributed by atoms with Gasteiger partial charge in [-0.15, -0.1) is 0 Å². The molecular formula is C15H24N4O2. The van der Waals surface area contributed by atoms with Gasteiger partial charge in [0.2, 0.25) is 0 Å². The molecule has 6 heteroatoms. The van der Waals surface area contributed by atoms with Crippen molar-refractivity contribution in [2.75, 3.05) is 31.1 Å². The lowest BCUT2D eigenvalue weighted by atomic mass is 10.2. The minimum Gasteiger partial charge on any atom is -0.480 e. The van der Waals surface area contributed by atoms with E-state index >= 15 is 0 Å². The van der Waals surface area contributed by atoms with Crippen LogP contribution in [-0.4, -0.2) is 58.2 Å². The molecule has 1 unspecified atom stereocenters. The largest absolute Gasteiger partial charge is 0.480 e. The zero-order chi connectivity index (χ0) is 15.6. The second-order valence-electron chi connectivity index (χ2n) is 5.92. The first kappa shape index (κ1) is 15.7. The lowest BCUT2D eigenvalue weighted by Crippen LogP contribution is -2.52. The van der Waals surface area contributed by atoms with Crippen LogP contribution in [0.3, 0.4) is 0 Å². The van der Waals surface area contributed by atoms with Crippen molar-refractivity contribution >= 4 is 11.8 Å². The van der Waals surface area contributed by atoms with E-state index < -0.39 is 12.0 Å². The van der Waals surface area contributed by atoms with Gasteiger partial charge in [0.25, 0.3) is 0 Å². The molecule has 0 aromatic carbocycles. The molecule has 2 heterocycles. The van der Waals surface area contributed by atoms with Crippen molar-refractivity contribution in [2.24, 2.45) is 0 Å². The highest BCUT2D eigenvalue weighted by Gasteiger charge is 2.26.